The van der Waals surface area contributed by atoms with E-state index in [-0.39, 0.29) is 18.4 Å². The van der Waals surface area contributed by atoms with Crippen molar-refractivity contribution in [1.82, 2.24) is 0 Å². The summed E-state index contributed by atoms with van der Waals surface area (Å²) in [5.74, 6) is 0.779. The van der Waals surface area contributed by atoms with Crippen LogP contribution in [0, 0.1) is 0 Å². The SMILES string of the molecule is O=C(O)C[C@@H]1COc2cc3c(cc21)OC[C@@H](c1ccc(Cl)c(Cl)c1)O3. The first-order valence-electron chi connectivity index (χ1n) is 7.78. The van der Waals surface area contributed by atoms with Gasteiger partial charge in [0, 0.05) is 17.5 Å². The highest BCUT2D eigenvalue weighted by Crippen LogP contribution is 2.46. The molecular weight excluding hydrogens is 367 g/mol. The minimum absolute atomic E-state index is 0.0263. The zero-order valence-corrected chi connectivity index (χ0v) is 14.5. The van der Waals surface area contributed by atoms with Crippen LogP contribution >= 0.6 is 23.2 Å². The van der Waals surface area contributed by atoms with Crippen molar-refractivity contribution in [3.8, 4) is 17.2 Å². The zero-order valence-electron chi connectivity index (χ0n) is 13.0. The highest BCUT2D eigenvalue weighted by molar-refractivity contribution is 6.42. The van der Waals surface area contributed by atoms with Gasteiger partial charge in [-0.3, -0.25) is 4.79 Å². The Hall–Kier alpha value is -2.11. The third kappa shape index (κ3) is 3.10. The average molecular weight is 381 g/mol. The van der Waals surface area contributed by atoms with Crippen molar-refractivity contribution in [2.24, 2.45) is 0 Å². The maximum atomic E-state index is 11.0. The molecule has 2 aliphatic rings. The van der Waals surface area contributed by atoms with E-state index in [1.54, 1.807) is 18.2 Å². The van der Waals surface area contributed by atoms with Crippen molar-refractivity contribution in [2.75, 3.05) is 13.2 Å². The lowest BCUT2D eigenvalue weighted by Crippen LogP contribution is -2.21. The number of hydrogen-bond donors (Lipinski definition) is 1. The van der Waals surface area contributed by atoms with Gasteiger partial charge in [-0.25, -0.2) is 0 Å². The molecule has 2 heterocycles. The first-order chi connectivity index (χ1) is 12.0. The van der Waals surface area contributed by atoms with E-state index in [9.17, 15) is 4.79 Å². The van der Waals surface area contributed by atoms with Gasteiger partial charge in [0.2, 0.25) is 0 Å². The summed E-state index contributed by atoms with van der Waals surface area (Å²) in [5.41, 5.74) is 1.71. The van der Waals surface area contributed by atoms with Crippen molar-refractivity contribution >= 4 is 29.2 Å². The number of ether oxygens (including phenoxy) is 3. The highest BCUT2D eigenvalue weighted by Gasteiger charge is 2.31. The van der Waals surface area contributed by atoms with Crippen LogP contribution in [0.2, 0.25) is 10.0 Å². The topological polar surface area (TPSA) is 65.0 Å². The number of halogens is 2. The van der Waals surface area contributed by atoms with Gasteiger partial charge in [-0.1, -0.05) is 29.3 Å². The van der Waals surface area contributed by atoms with Gasteiger partial charge in [0.1, 0.15) is 12.4 Å². The van der Waals surface area contributed by atoms with E-state index in [1.807, 2.05) is 12.1 Å². The lowest BCUT2D eigenvalue weighted by Gasteiger charge is -2.27. The van der Waals surface area contributed by atoms with Crippen molar-refractivity contribution in [1.29, 1.82) is 0 Å². The number of carbonyl (C=O) groups is 1. The molecule has 2 aliphatic heterocycles. The van der Waals surface area contributed by atoms with E-state index in [4.69, 9.17) is 42.5 Å². The smallest absolute Gasteiger partial charge is 0.304 e. The number of aliphatic carboxylic acids is 1. The lowest BCUT2D eigenvalue weighted by atomic mass is 9.97. The maximum absolute atomic E-state index is 11.0. The van der Waals surface area contributed by atoms with Crippen LogP contribution in [0.3, 0.4) is 0 Å². The molecule has 0 radical (unpaired) electrons. The monoisotopic (exact) mass is 380 g/mol. The van der Waals surface area contributed by atoms with Crippen LogP contribution in [-0.2, 0) is 4.79 Å². The molecule has 25 heavy (non-hydrogen) atoms. The molecule has 2 aromatic rings. The Bertz CT molecular complexity index is 852. The van der Waals surface area contributed by atoms with E-state index in [0.717, 1.165) is 11.1 Å². The Kier molecular flexibility index (Phi) is 4.13. The Balaban J connectivity index is 1.60. The molecule has 0 spiro atoms. The quantitative estimate of drug-likeness (QED) is 0.851. The summed E-state index contributed by atoms with van der Waals surface area (Å²) in [7, 11) is 0. The second-order valence-electron chi connectivity index (χ2n) is 6.03. The molecule has 7 heteroatoms. The summed E-state index contributed by atoms with van der Waals surface area (Å²) < 4.78 is 17.5. The first-order valence-corrected chi connectivity index (χ1v) is 8.54. The van der Waals surface area contributed by atoms with Gasteiger partial charge in [0.15, 0.2) is 17.6 Å². The van der Waals surface area contributed by atoms with Crippen molar-refractivity contribution in [2.45, 2.75) is 18.4 Å². The lowest BCUT2D eigenvalue weighted by molar-refractivity contribution is -0.137. The fraction of sp³-hybridized carbons (Fsp3) is 0.278. The molecule has 0 aromatic heterocycles. The predicted molar refractivity (Wildman–Crippen MR) is 92.3 cm³/mol. The summed E-state index contributed by atoms with van der Waals surface area (Å²) in [6, 6.07) is 8.91. The minimum atomic E-state index is -0.851. The van der Waals surface area contributed by atoms with Crippen LogP contribution in [0.15, 0.2) is 30.3 Å². The summed E-state index contributed by atoms with van der Waals surface area (Å²) in [6.07, 6.45) is -0.282. The molecule has 2 aromatic carbocycles. The van der Waals surface area contributed by atoms with Gasteiger partial charge in [-0.15, -0.1) is 0 Å². The van der Waals surface area contributed by atoms with Gasteiger partial charge < -0.3 is 19.3 Å². The molecule has 0 aliphatic carbocycles. The zero-order chi connectivity index (χ0) is 17.6. The van der Waals surface area contributed by atoms with Crippen LogP contribution in [0.1, 0.15) is 29.6 Å². The predicted octanol–water partition coefficient (Wildman–Crippen LogP) is 4.46. The van der Waals surface area contributed by atoms with E-state index in [1.165, 1.54) is 0 Å². The molecule has 5 nitrogen and oxygen atoms in total. The second-order valence-corrected chi connectivity index (χ2v) is 6.85. The summed E-state index contributed by atoms with van der Waals surface area (Å²) in [5, 5.41) is 9.95. The first kappa shape index (κ1) is 16.4. The van der Waals surface area contributed by atoms with Gasteiger partial charge in [0.05, 0.1) is 23.1 Å². The molecule has 0 fully saturated rings. The van der Waals surface area contributed by atoms with Crippen LogP contribution in [0.5, 0.6) is 17.2 Å². The fourth-order valence-electron chi connectivity index (χ4n) is 3.10. The fourth-order valence-corrected chi connectivity index (χ4v) is 3.40. The van der Waals surface area contributed by atoms with E-state index in [2.05, 4.69) is 0 Å². The number of hydrogen-bond acceptors (Lipinski definition) is 4. The van der Waals surface area contributed by atoms with Crippen LogP contribution < -0.4 is 14.2 Å². The van der Waals surface area contributed by atoms with Gasteiger partial charge in [-0.2, -0.15) is 0 Å². The van der Waals surface area contributed by atoms with Crippen molar-refractivity contribution < 1.29 is 24.1 Å². The van der Waals surface area contributed by atoms with E-state index < -0.39 is 5.97 Å². The van der Waals surface area contributed by atoms with Crippen LogP contribution in [-0.4, -0.2) is 24.3 Å². The van der Waals surface area contributed by atoms with Crippen LogP contribution in [0.25, 0.3) is 0 Å². The molecule has 2 atom stereocenters. The molecule has 0 amide bonds. The molecule has 0 bridgehead atoms. The normalized spacial score (nSPS) is 20.7. The standard InChI is InChI=1S/C18H14Cl2O5/c19-12-2-1-9(3-13(12)20)17-8-24-15-5-11-10(4-18(21)22)7-23-14(11)6-16(15)25-17/h1-3,5-6,10,17H,4,7-8H2,(H,21,22)/t10-,17+/m1/s1. The Morgan fingerprint density at radius 2 is 1.84 bits per heavy atom. The average Bonchev–Trinajstić information content (AvgIpc) is 2.96. The third-order valence-corrected chi connectivity index (χ3v) is 5.09. The Morgan fingerprint density at radius 3 is 2.60 bits per heavy atom. The minimum Gasteiger partial charge on any atom is -0.492 e. The maximum Gasteiger partial charge on any atom is 0.304 e. The van der Waals surface area contributed by atoms with Crippen LogP contribution in [0.4, 0.5) is 0 Å². The molecule has 1 N–H and O–H groups in total. The summed E-state index contributed by atoms with van der Waals surface area (Å²) in [6.45, 7) is 0.676. The molecular formula is C18H14Cl2O5. The van der Waals surface area contributed by atoms with Crippen molar-refractivity contribution in [3.63, 3.8) is 0 Å². The van der Waals surface area contributed by atoms with Gasteiger partial charge in [-0.05, 0) is 23.8 Å². The van der Waals surface area contributed by atoms with E-state index >= 15 is 0 Å². The molecule has 0 saturated heterocycles. The molecule has 0 saturated carbocycles. The number of carboxylic acids is 1. The number of carboxylic acid groups (broad SMARTS) is 1. The molecule has 4 rings (SSSR count). The second kappa shape index (κ2) is 6.32. The number of fused-ring (bicyclic) bond motifs is 2. The third-order valence-electron chi connectivity index (χ3n) is 4.35. The van der Waals surface area contributed by atoms with Gasteiger partial charge in [0.25, 0.3) is 0 Å². The summed E-state index contributed by atoms with van der Waals surface area (Å²) >= 11 is 12.0. The largest absolute Gasteiger partial charge is 0.492 e. The van der Waals surface area contributed by atoms with Crippen molar-refractivity contribution in [3.05, 3.63) is 51.5 Å². The highest BCUT2D eigenvalue weighted by atomic mass is 35.5. The number of rotatable bonds is 3. The van der Waals surface area contributed by atoms with Gasteiger partial charge >= 0.3 is 5.97 Å². The summed E-state index contributed by atoms with van der Waals surface area (Å²) in [4.78, 5) is 11.0. The molecule has 0 unspecified atom stereocenters. The number of benzene rings is 2. The van der Waals surface area contributed by atoms with E-state index in [0.29, 0.717) is 40.5 Å². The Labute approximate surface area is 154 Å². The molecule has 130 valence electrons. The Morgan fingerprint density at radius 1 is 1.04 bits per heavy atom.